The average molecular weight is 449 g/mol. The quantitative estimate of drug-likeness (QED) is 0.666. The second-order valence-corrected chi connectivity index (χ2v) is 9.42. The molecule has 168 valence electrons. The highest BCUT2D eigenvalue weighted by atomic mass is 32.1. The van der Waals surface area contributed by atoms with Crippen molar-refractivity contribution in [3.63, 3.8) is 0 Å². The second-order valence-electron chi connectivity index (χ2n) is 8.34. The third kappa shape index (κ3) is 4.31. The molecule has 2 aliphatic rings. The fourth-order valence-corrected chi connectivity index (χ4v) is 6.05. The number of amides is 2. The maximum absolute atomic E-state index is 11.7. The van der Waals surface area contributed by atoms with E-state index in [1.807, 2.05) is 0 Å². The molecule has 0 bridgehead atoms. The van der Waals surface area contributed by atoms with E-state index in [1.54, 1.807) is 18.4 Å². The zero-order valence-electron chi connectivity index (χ0n) is 17.7. The topological polar surface area (TPSA) is 128 Å². The van der Waals surface area contributed by atoms with Gasteiger partial charge in [0.2, 0.25) is 11.8 Å². The van der Waals surface area contributed by atoms with Crippen molar-refractivity contribution in [2.45, 2.75) is 69.1 Å². The predicted octanol–water partition coefficient (Wildman–Crippen LogP) is 2.91. The number of fused-ring (bicyclic) bond motifs is 3. The SMILES string of the molecule is CO[C@@H](C[C@H]1CCc2sc3ncnc(OC4CCC(N(C)C(=O)O)CC4)c3c21)C(N)=O. The number of hydrogen-bond acceptors (Lipinski definition) is 7. The van der Waals surface area contributed by atoms with Gasteiger partial charge in [0.25, 0.3) is 0 Å². The zero-order valence-corrected chi connectivity index (χ0v) is 18.6. The van der Waals surface area contributed by atoms with E-state index in [9.17, 15) is 14.7 Å². The maximum atomic E-state index is 11.7. The number of aromatic nitrogens is 2. The summed E-state index contributed by atoms with van der Waals surface area (Å²) < 4.78 is 11.6. The summed E-state index contributed by atoms with van der Waals surface area (Å²) in [5.74, 6) is 0.276. The van der Waals surface area contributed by atoms with Crippen LogP contribution in [0.1, 0.15) is 54.9 Å². The number of carbonyl (C=O) groups is 2. The first kappa shape index (κ1) is 21.8. The number of rotatable bonds is 7. The monoisotopic (exact) mass is 448 g/mol. The molecule has 0 saturated heterocycles. The van der Waals surface area contributed by atoms with Crippen LogP contribution in [0.25, 0.3) is 10.2 Å². The summed E-state index contributed by atoms with van der Waals surface area (Å²) in [4.78, 5) is 35.3. The van der Waals surface area contributed by atoms with Crippen LogP contribution < -0.4 is 10.5 Å². The molecular weight excluding hydrogens is 420 g/mol. The Bertz CT molecular complexity index is 972. The minimum absolute atomic E-state index is 0.00992. The Morgan fingerprint density at radius 3 is 2.68 bits per heavy atom. The molecule has 31 heavy (non-hydrogen) atoms. The minimum atomic E-state index is -0.896. The van der Waals surface area contributed by atoms with Gasteiger partial charge in [0, 0.05) is 25.1 Å². The molecule has 0 radical (unpaired) electrons. The number of hydrogen-bond donors (Lipinski definition) is 2. The van der Waals surface area contributed by atoms with Crippen molar-refractivity contribution in [1.82, 2.24) is 14.9 Å². The lowest BCUT2D eigenvalue weighted by molar-refractivity contribution is -0.128. The summed E-state index contributed by atoms with van der Waals surface area (Å²) in [5.41, 5.74) is 6.65. The number of nitrogens with two attached hydrogens (primary N) is 1. The number of thiophene rings is 1. The lowest BCUT2D eigenvalue weighted by Gasteiger charge is -2.33. The van der Waals surface area contributed by atoms with Crippen LogP contribution in [0.4, 0.5) is 4.79 Å². The van der Waals surface area contributed by atoms with Crippen LogP contribution in [0.5, 0.6) is 5.88 Å². The Kier molecular flexibility index (Phi) is 6.29. The van der Waals surface area contributed by atoms with Gasteiger partial charge in [-0.2, -0.15) is 0 Å². The molecule has 2 aromatic heterocycles. The van der Waals surface area contributed by atoms with Gasteiger partial charge in [0.05, 0.1) is 5.39 Å². The minimum Gasteiger partial charge on any atom is -0.474 e. The first-order chi connectivity index (χ1) is 14.9. The number of aryl methyl sites for hydroxylation is 1. The van der Waals surface area contributed by atoms with Gasteiger partial charge in [0.1, 0.15) is 23.4 Å². The molecule has 0 aliphatic heterocycles. The van der Waals surface area contributed by atoms with Gasteiger partial charge in [-0.3, -0.25) is 4.79 Å². The molecule has 2 aromatic rings. The van der Waals surface area contributed by atoms with Crippen LogP contribution in [-0.4, -0.2) is 64.4 Å². The first-order valence-corrected chi connectivity index (χ1v) is 11.4. The van der Waals surface area contributed by atoms with Gasteiger partial charge < -0.3 is 25.2 Å². The van der Waals surface area contributed by atoms with Crippen LogP contribution in [0.15, 0.2) is 6.33 Å². The number of primary amides is 1. The predicted molar refractivity (Wildman–Crippen MR) is 116 cm³/mol. The third-order valence-corrected chi connectivity index (χ3v) is 7.74. The fraction of sp³-hybridized carbons (Fsp3) is 0.619. The Balaban J connectivity index is 1.54. The van der Waals surface area contributed by atoms with E-state index in [0.717, 1.165) is 54.3 Å². The van der Waals surface area contributed by atoms with E-state index in [1.165, 1.54) is 23.2 Å². The van der Waals surface area contributed by atoms with E-state index in [-0.39, 0.29) is 18.1 Å². The Morgan fingerprint density at radius 2 is 2.03 bits per heavy atom. The van der Waals surface area contributed by atoms with Gasteiger partial charge in [-0.15, -0.1) is 11.3 Å². The molecule has 1 saturated carbocycles. The van der Waals surface area contributed by atoms with Crippen LogP contribution >= 0.6 is 11.3 Å². The summed E-state index contributed by atoms with van der Waals surface area (Å²) in [6, 6.07) is 0.0253. The van der Waals surface area contributed by atoms with E-state index < -0.39 is 18.1 Å². The smallest absolute Gasteiger partial charge is 0.407 e. The lowest BCUT2D eigenvalue weighted by Crippen LogP contribution is -2.40. The Hall–Kier alpha value is -2.46. The van der Waals surface area contributed by atoms with Gasteiger partial charge in [-0.1, -0.05) is 0 Å². The number of ether oxygens (including phenoxy) is 2. The van der Waals surface area contributed by atoms with Crippen molar-refractivity contribution in [2.75, 3.05) is 14.2 Å². The molecule has 1 fully saturated rings. The molecule has 10 heteroatoms. The highest BCUT2D eigenvalue weighted by Gasteiger charge is 2.34. The fourth-order valence-electron chi connectivity index (χ4n) is 4.82. The normalized spacial score (nSPS) is 24.0. The van der Waals surface area contributed by atoms with Crippen LogP contribution in [0, 0.1) is 0 Å². The van der Waals surface area contributed by atoms with Gasteiger partial charge in [-0.25, -0.2) is 14.8 Å². The maximum Gasteiger partial charge on any atom is 0.407 e. The molecule has 0 aromatic carbocycles. The number of carbonyl (C=O) groups excluding carboxylic acids is 1. The molecular formula is C21H28N4O5S. The van der Waals surface area contributed by atoms with Crippen LogP contribution in [0.3, 0.4) is 0 Å². The van der Waals surface area contributed by atoms with Crippen LogP contribution in [0.2, 0.25) is 0 Å². The molecule has 2 atom stereocenters. The number of carboxylic acid groups (broad SMARTS) is 1. The van der Waals surface area contributed by atoms with Gasteiger partial charge >= 0.3 is 6.09 Å². The molecule has 0 unspecified atom stereocenters. The van der Waals surface area contributed by atoms with Crippen molar-refractivity contribution in [2.24, 2.45) is 5.73 Å². The zero-order chi connectivity index (χ0) is 22.1. The molecule has 3 N–H and O–H groups in total. The first-order valence-electron chi connectivity index (χ1n) is 10.6. The van der Waals surface area contributed by atoms with Crippen molar-refractivity contribution >= 4 is 33.6 Å². The molecule has 2 heterocycles. The van der Waals surface area contributed by atoms with Gasteiger partial charge in [-0.05, 0) is 56.4 Å². The van der Waals surface area contributed by atoms with E-state index >= 15 is 0 Å². The third-order valence-electron chi connectivity index (χ3n) is 6.57. The largest absolute Gasteiger partial charge is 0.474 e. The average Bonchev–Trinajstić information content (AvgIpc) is 3.31. The molecule has 2 aliphatic carbocycles. The molecule has 9 nitrogen and oxygen atoms in total. The number of methoxy groups -OCH3 is 1. The van der Waals surface area contributed by atoms with Crippen molar-refractivity contribution in [3.05, 3.63) is 16.8 Å². The Morgan fingerprint density at radius 1 is 1.29 bits per heavy atom. The van der Waals surface area contributed by atoms with E-state index in [2.05, 4.69) is 9.97 Å². The van der Waals surface area contributed by atoms with Crippen molar-refractivity contribution < 1.29 is 24.2 Å². The van der Waals surface area contributed by atoms with Crippen molar-refractivity contribution in [1.29, 1.82) is 0 Å². The number of nitrogens with zero attached hydrogens (tertiary/aromatic N) is 3. The van der Waals surface area contributed by atoms with Crippen molar-refractivity contribution in [3.8, 4) is 5.88 Å². The highest BCUT2D eigenvalue weighted by molar-refractivity contribution is 7.19. The Labute approximate surface area is 184 Å². The summed E-state index contributed by atoms with van der Waals surface area (Å²) in [6.07, 6.45) is 5.48. The summed E-state index contributed by atoms with van der Waals surface area (Å²) in [6.45, 7) is 0. The molecule has 2 amide bonds. The molecule has 4 rings (SSSR count). The van der Waals surface area contributed by atoms with Gasteiger partial charge in [0.15, 0.2) is 0 Å². The highest BCUT2D eigenvalue weighted by Crippen LogP contribution is 2.48. The van der Waals surface area contributed by atoms with Crippen LogP contribution in [-0.2, 0) is 16.0 Å². The van der Waals surface area contributed by atoms with E-state index in [4.69, 9.17) is 15.2 Å². The summed E-state index contributed by atoms with van der Waals surface area (Å²) in [7, 11) is 3.13. The lowest BCUT2D eigenvalue weighted by atomic mass is 9.92. The standard InChI is InChI=1S/C21H28N4O5S/c1-25(21(27)28)12-4-6-13(7-5-12)30-19-17-16-11(9-14(29-2)18(22)26)3-8-15(16)31-20(17)24-10-23-19/h10-14H,3-9H2,1-2H3,(H2,22,26)(H,27,28)/t11-,12?,13?,14+/m1/s1. The summed E-state index contributed by atoms with van der Waals surface area (Å²) in [5, 5.41) is 10.1. The van der Waals surface area contributed by atoms with E-state index in [0.29, 0.717) is 12.3 Å². The summed E-state index contributed by atoms with van der Waals surface area (Å²) >= 11 is 1.66. The second kappa shape index (κ2) is 8.96. The molecule has 0 spiro atoms.